The molecule has 1 heterocycles. The van der Waals surface area contributed by atoms with Crippen molar-refractivity contribution >= 4 is 16.8 Å². The summed E-state index contributed by atoms with van der Waals surface area (Å²) in [7, 11) is 0. The Morgan fingerprint density at radius 3 is 2.62 bits per heavy atom. The summed E-state index contributed by atoms with van der Waals surface area (Å²) in [6.07, 6.45) is 2.99. The van der Waals surface area contributed by atoms with E-state index in [4.69, 9.17) is 5.73 Å². The number of H-pyrrole nitrogens is 1. The molecule has 5 N–H and O–H groups in total. The molecule has 26 heavy (non-hydrogen) atoms. The van der Waals surface area contributed by atoms with Crippen molar-refractivity contribution in [1.82, 2.24) is 10.3 Å². The van der Waals surface area contributed by atoms with Gasteiger partial charge in [-0.05, 0) is 30.0 Å². The van der Waals surface area contributed by atoms with Crippen LogP contribution in [0, 0.1) is 0 Å². The zero-order chi connectivity index (χ0) is 18.4. The molecule has 1 unspecified atom stereocenters. The third kappa shape index (κ3) is 4.31. The second-order valence-electron chi connectivity index (χ2n) is 6.54. The molecule has 136 valence electrons. The minimum absolute atomic E-state index is 0.0745. The van der Waals surface area contributed by atoms with E-state index in [0.29, 0.717) is 19.4 Å². The average Bonchev–Trinajstić information content (AvgIpc) is 3.08. The number of benzene rings is 2. The van der Waals surface area contributed by atoms with E-state index in [1.165, 1.54) is 0 Å². The van der Waals surface area contributed by atoms with Crippen LogP contribution in [0.1, 0.15) is 23.5 Å². The Labute approximate surface area is 153 Å². The van der Waals surface area contributed by atoms with Crippen LogP contribution in [-0.2, 0) is 11.2 Å². The van der Waals surface area contributed by atoms with E-state index in [2.05, 4.69) is 10.3 Å². The summed E-state index contributed by atoms with van der Waals surface area (Å²) >= 11 is 0. The van der Waals surface area contributed by atoms with E-state index < -0.39 is 6.04 Å². The average molecular weight is 351 g/mol. The van der Waals surface area contributed by atoms with Gasteiger partial charge >= 0.3 is 0 Å². The van der Waals surface area contributed by atoms with Crippen molar-refractivity contribution in [3.63, 3.8) is 0 Å². The molecule has 5 nitrogen and oxygen atoms in total. The van der Waals surface area contributed by atoms with E-state index in [-0.39, 0.29) is 18.4 Å². The van der Waals surface area contributed by atoms with E-state index in [9.17, 15) is 9.90 Å². The number of aliphatic hydroxyl groups excluding tert-OH is 1. The maximum atomic E-state index is 12.4. The quantitative estimate of drug-likeness (QED) is 0.502. The van der Waals surface area contributed by atoms with Gasteiger partial charge in [-0.1, -0.05) is 48.5 Å². The highest BCUT2D eigenvalue weighted by atomic mass is 16.3. The molecule has 0 aliphatic rings. The maximum absolute atomic E-state index is 12.4. The van der Waals surface area contributed by atoms with Gasteiger partial charge < -0.3 is 21.1 Å². The summed E-state index contributed by atoms with van der Waals surface area (Å²) in [5.74, 6) is -0.0976. The van der Waals surface area contributed by atoms with Crippen LogP contribution in [0.3, 0.4) is 0 Å². The summed E-state index contributed by atoms with van der Waals surface area (Å²) in [4.78, 5) is 15.6. The Balaban J connectivity index is 1.60. The molecule has 1 aromatic heterocycles. The van der Waals surface area contributed by atoms with E-state index in [1.807, 2.05) is 60.8 Å². The number of carbonyl (C=O) groups is 1. The lowest BCUT2D eigenvalue weighted by atomic mass is 9.96. The Bertz CT molecular complexity index is 845. The zero-order valence-electron chi connectivity index (χ0n) is 14.7. The van der Waals surface area contributed by atoms with E-state index in [1.54, 1.807) is 0 Å². The van der Waals surface area contributed by atoms with Crippen molar-refractivity contribution in [1.29, 1.82) is 0 Å². The molecule has 0 saturated carbocycles. The molecular formula is C21H25N3O2. The monoisotopic (exact) mass is 351 g/mol. The molecule has 0 saturated heterocycles. The molecule has 0 fully saturated rings. The summed E-state index contributed by atoms with van der Waals surface area (Å²) < 4.78 is 0. The number of fused-ring (bicyclic) bond motifs is 1. The van der Waals surface area contributed by atoms with Crippen molar-refractivity contribution < 1.29 is 9.90 Å². The minimum Gasteiger partial charge on any atom is -0.396 e. The fraction of sp³-hybridized carbons (Fsp3) is 0.286. The minimum atomic E-state index is -0.611. The van der Waals surface area contributed by atoms with Gasteiger partial charge in [0.2, 0.25) is 5.91 Å². The molecule has 3 aromatic rings. The van der Waals surface area contributed by atoms with Crippen LogP contribution in [0.25, 0.3) is 10.9 Å². The first kappa shape index (κ1) is 18.2. The fourth-order valence-electron chi connectivity index (χ4n) is 3.25. The number of aliphatic hydroxyl groups is 1. The lowest BCUT2D eigenvalue weighted by Gasteiger charge is -2.19. The summed E-state index contributed by atoms with van der Waals surface area (Å²) in [5.41, 5.74) is 9.31. The number of nitrogens with two attached hydrogens (primary N) is 1. The molecule has 3 rings (SSSR count). The van der Waals surface area contributed by atoms with Crippen molar-refractivity contribution in [3.05, 3.63) is 71.9 Å². The lowest BCUT2D eigenvalue weighted by molar-refractivity contribution is -0.122. The molecule has 0 aliphatic heterocycles. The van der Waals surface area contributed by atoms with Gasteiger partial charge in [-0.2, -0.15) is 0 Å². The number of para-hydroxylation sites is 1. The number of nitrogens with one attached hydrogen (secondary N) is 2. The highest BCUT2D eigenvalue weighted by Crippen LogP contribution is 2.20. The van der Waals surface area contributed by atoms with Gasteiger partial charge in [-0.3, -0.25) is 4.79 Å². The van der Waals surface area contributed by atoms with Crippen molar-refractivity contribution in [2.75, 3.05) is 13.2 Å². The van der Waals surface area contributed by atoms with Crippen LogP contribution >= 0.6 is 0 Å². The number of amides is 1. The van der Waals surface area contributed by atoms with Crippen LogP contribution in [-0.4, -0.2) is 35.2 Å². The SMILES string of the molecule is N[C@H](Cc1c[nH]c2ccccc12)C(=O)NCC(CCO)c1ccccc1. The lowest BCUT2D eigenvalue weighted by Crippen LogP contribution is -2.43. The number of rotatable bonds is 8. The second-order valence-corrected chi connectivity index (χ2v) is 6.54. The summed E-state index contributed by atoms with van der Waals surface area (Å²) in [6.45, 7) is 0.543. The number of aromatic nitrogens is 1. The number of aromatic amines is 1. The standard InChI is InChI=1S/C21H25N3O2/c22-19(12-17-14-23-20-9-5-4-8-18(17)20)21(26)24-13-16(10-11-25)15-6-2-1-3-7-15/h1-9,14,16,19,23,25H,10-13,22H2,(H,24,26)/t16?,19-/m1/s1. The van der Waals surface area contributed by atoms with Crippen molar-refractivity contribution in [2.45, 2.75) is 24.8 Å². The Hall–Kier alpha value is -2.63. The van der Waals surface area contributed by atoms with Crippen LogP contribution in [0.5, 0.6) is 0 Å². The van der Waals surface area contributed by atoms with Gasteiger partial charge in [0.05, 0.1) is 6.04 Å². The van der Waals surface area contributed by atoms with Crippen molar-refractivity contribution in [3.8, 4) is 0 Å². The Morgan fingerprint density at radius 1 is 1.12 bits per heavy atom. The van der Waals surface area contributed by atoms with Gasteiger partial charge in [0.1, 0.15) is 0 Å². The fourth-order valence-corrected chi connectivity index (χ4v) is 3.25. The van der Waals surface area contributed by atoms with Gasteiger partial charge in [-0.25, -0.2) is 0 Å². The van der Waals surface area contributed by atoms with Gasteiger partial charge in [-0.15, -0.1) is 0 Å². The van der Waals surface area contributed by atoms with Crippen LogP contribution < -0.4 is 11.1 Å². The van der Waals surface area contributed by atoms with Crippen LogP contribution in [0.4, 0.5) is 0 Å². The highest BCUT2D eigenvalue weighted by molar-refractivity contribution is 5.86. The molecular weight excluding hydrogens is 326 g/mol. The van der Waals surface area contributed by atoms with Gasteiger partial charge in [0, 0.05) is 36.2 Å². The number of hydrogen-bond acceptors (Lipinski definition) is 3. The molecule has 5 heteroatoms. The number of hydrogen-bond donors (Lipinski definition) is 4. The third-order valence-corrected chi connectivity index (χ3v) is 4.72. The molecule has 0 bridgehead atoms. The molecule has 2 aromatic carbocycles. The summed E-state index contributed by atoms with van der Waals surface area (Å²) in [6, 6.07) is 17.3. The topological polar surface area (TPSA) is 91.1 Å². The summed E-state index contributed by atoms with van der Waals surface area (Å²) in [5, 5.41) is 13.3. The first-order valence-electron chi connectivity index (χ1n) is 8.93. The first-order valence-corrected chi connectivity index (χ1v) is 8.93. The Kier molecular flexibility index (Phi) is 6.04. The van der Waals surface area contributed by atoms with Crippen molar-refractivity contribution in [2.24, 2.45) is 5.73 Å². The molecule has 1 amide bonds. The molecule has 2 atom stereocenters. The highest BCUT2D eigenvalue weighted by Gasteiger charge is 2.18. The van der Waals surface area contributed by atoms with Crippen LogP contribution in [0.2, 0.25) is 0 Å². The molecule has 0 spiro atoms. The predicted octanol–water partition coefficient (Wildman–Crippen LogP) is 2.32. The molecule has 0 radical (unpaired) electrons. The second kappa shape index (κ2) is 8.65. The largest absolute Gasteiger partial charge is 0.396 e. The smallest absolute Gasteiger partial charge is 0.237 e. The number of carbonyl (C=O) groups excluding carboxylic acids is 1. The maximum Gasteiger partial charge on any atom is 0.237 e. The Morgan fingerprint density at radius 2 is 1.85 bits per heavy atom. The molecule has 0 aliphatic carbocycles. The van der Waals surface area contributed by atoms with E-state index >= 15 is 0 Å². The zero-order valence-corrected chi connectivity index (χ0v) is 14.7. The predicted molar refractivity (Wildman–Crippen MR) is 104 cm³/mol. The first-order chi connectivity index (χ1) is 12.7. The van der Waals surface area contributed by atoms with Gasteiger partial charge in [0.15, 0.2) is 0 Å². The third-order valence-electron chi connectivity index (χ3n) is 4.72. The van der Waals surface area contributed by atoms with Gasteiger partial charge in [0.25, 0.3) is 0 Å². The van der Waals surface area contributed by atoms with Crippen LogP contribution in [0.15, 0.2) is 60.8 Å². The normalized spacial score (nSPS) is 13.5. The van der Waals surface area contributed by atoms with E-state index in [0.717, 1.165) is 22.0 Å².